The monoisotopic (exact) mass is 291 g/mol. The van der Waals surface area contributed by atoms with Gasteiger partial charge < -0.3 is 4.57 Å². The number of carbonyl (C=O) groups excluding carboxylic acids is 1. The normalized spacial score (nSPS) is 16.9. The third kappa shape index (κ3) is 2.48. The Kier molecular flexibility index (Phi) is 3.84. The van der Waals surface area contributed by atoms with Gasteiger partial charge in [-0.25, -0.2) is 10.3 Å². The van der Waals surface area contributed by atoms with Gasteiger partial charge in [0.15, 0.2) is 4.80 Å². The Morgan fingerprint density at radius 3 is 2.90 bits per heavy atom. The number of fused-ring (bicyclic) bond motifs is 1. The second-order valence-electron chi connectivity index (χ2n) is 4.88. The number of amides is 2. The molecular formula is C14H17N3O2S. The van der Waals surface area contributed by atoms with Crippen LogP contribution in [0.3, 0.4) is 0 Å². The lowest BCUT2D eigenvalue weighted by molar-refractivity contribution is 0.112. The van der Waals surface area contributed by atoms with Gasteiger partial charge in [-0.1, -0.05) is 36.3 Å². The molecule has 2 aromatic rings. The Bertz CT molecular complexity index is 683. The predicted molar refractivity (Wildman–Crippen MR) is 78.4 cm³/mol. The van der Waals surface area contributed by atoms with Crippen molar-refractivity contribution in [1.82, 2.24) is 10.0 Å². The minimum absolute atomic E-state index is 0.445. The molecule has 1 N–H and O–H groups in total. The molecule has 1 heterocycles. The molecule has 6 heteroatoms. The maximum absolute atomic E-state index is 11.6. The molecule has 0 aliphatic heterocycles. The lowest BCUT2D eigenvalue weighted by atomic mass is 10.2. The minimum Gasteiger partial charge on any atom is -0.313 e. The molecule has 1 aromatic heterocycles. The predicted octanol–water partition coefficient (Wildman–Crippen LogP) is 2.99. The molecule has 1 fully saturated rings. The van der Waals surface area contributed by atoms with E-state index in [1.807, 2.05) is 12.1 Å². The van der Waals surface area contributed by atoms with Crippen molar-refractivity contribution >= 4 is 27.6 Å². The van der Waals surface area contributed by atoms with Crippen molar-refractivity contribution < 1.29 is 9.63 Å². The summed E-state index contributed by atoms with van der Waals surface area (Å²) in [5.74, 6) is 0. The lowest BCUT2D eigenvalue weighted by Gasteiger charge is -2.12. The fourth-order valence-corrected chi connectivity index (χ4v) is 3.87. The molecule has 2 amide bonds. The van der Waals surface area contributed by atoms with E-state index in [4.69, 9.17) is 0 Å². The fraction of sp³-hybridized carbons (Fsp3) is 0.429. The average Bonchev–Trinajstić information content (AvgIpc) is 3.04. The van der Waals surface area contributed by atoms with Crippen LogP contribution < -0.4 is 10.3 Å². The molecule has 0 atom stereocenters. The van der Waals surface area contributed by atoms with Crippen molar-refractivity contribution in [3.05, 3.63) is 29.1 Å². The molecule has 3 rings (SSSR count). The number of aromatic nitrogens is 1. The number of rotatable bonds is 2. The van der Waals surface area contributed by atoms with E-state index in [2.05, 4.69) is 32.0 Å². The van der Waals surface area contributed by atoms with Crippen molar-refractivity contribution in [1.29, 1.82) is 0 Å². The van der Waals surface area contributed by atoms with Crippen molar-refractivity contribution in [2.45, 2.75) is 31.7 Å². The summed E-state index contributed by atoms with van der Waals surface area (Å²) >= 11 is 1.54. The smallest absolute Gasteiger partial charge is 0.313 e. The number of benzene rings is 1. The van der Waals surface area contributed by atoms with E-state index >= 15 is 0 Å². The SMILES string of the molecule is CONC(=O)N=c1sc2ccccc2n1C1CCCC1. The van der Waals surface area contributed by atoms with Gasteiger partial charge in [-0.15, -0.1) is 0 Å². The highest BCUT2D eigenvalue weighted by Crippen LogP contribution is 2.32. The average molecular weight is 291 g/mol. The Balaban J connectivity index is 2.14. The number of nitrogens with zero attached hydrogens (tertiary/aromatic N) is 2. The van der Waals surface area contributed by atoms with E-state index in [0.29, 0.717) is 6.04 Å². The molecule has 106 valence electrons. The number of urea groups is 1. The molecule has 5 nitrogen and oxygen atoms in total. The highest BCUT2D eigenvalue weighted by atomic mass is 32.1. The zero-order valence-corrected chi connectivity index (χ0v) is 12.2. The van der Waals surface area contributed by atoms with Crippen LogP contribution >= 0.6 is 11.3 Å². The van der Waals surface area contributed by atoms with Crippen LogP contribution in [0.1, 0.15) is 31.7 Å². The lowest BCUT2D eigenvalue weighted by Crippen LogP contribution is -2.25. The topological polar surface area (TPSA) is 55.6 Å². The molecule has 1 aliphatic carbocycles. The summed E-state index contributed by atoms with van der Waals surface area (Å²) in [6, 6.07) is 8.18. The van der Waals surface area contributed by atoms with Crippen LogP contribution in [0.25, 0.3) is 10.2 Å². The third-order valence-electron chi connectivity index (χ3n) is 3.61. The summed E-state index contributed by atoms with van der Waals surface area (Å²) in [5, 5.41) is 0. The summed E-state index contributed by atoms with van der Waals surface area (Å²) in [4.78, 5) is 21.1. The zero-order chi connectivity index (χ0) is 13.9. The van der Waals surface area contributed by atoms with Gasteiger partial charge in [-0.2, -0.15) is 4.99 Å². The summed E-state index contributed by atoms with van der Waals surface area (Å²) in [5.41, 5.74) is 3.40. The number of hydroxylamine groups is 1. The quantitative estimate of drug-likeness (QED) is 0.865. The van der Waals surface area contributed by atoms with Crippen molar-refractivity contribution in [2.75, 3.05) is 7.11 Å². The van der Waals surface area contributed by atoms with Gasteiger partial charge in [0.05, 0.1) is 17.3 Å². The van der Waals surface area contributed by atoms with Gasteiger partial charge in [0.1, 0.15) is 0 Å². The molecule has 20 heavy (non-hydrogen) atoms. The molecular weight excluding hydrogens is 274 g/mol. The second kappa shape index (κ2) is 5.76. The largest absolute Gasteiger partial charge is 0.367 e. The standard InChI is InChI=1S/C14H17N3O2S/c1-19-16-13(18)15-14-17(10-6-2-3-7-10)11-8-4-5-9-12(11)20-14/h4-5,8-10H,2-3,6-7H2,1H3,(H,16,18). The van der Waals surface area contributed by atoms with Gasteiger partial charge in [0.25, 0.3) is 0 Å². The molecule has 0 unspecified atom stereocenters. The van der Waals surface area contributed by atoms with Crippen molar-refractivity contribution in [3.8, 4) is 0 Å². The van der Waals surface area contributed by atoms with E-state index < -0.39 is 6.03 Å². The summed E-state index contributed by atoms with van der Waals surface area (Å²) in [6.07, 6.45) is 4.79. The minimum atomic E-state index is -0.467. The number of hydrogen-bond acceptors (Lipinski definition) is 3. The first-order chi connectivity index (χ1) is 9.79. The Morgan fingerprint density at radius 2 is 2.15 bits per heavy atom. The zero-order valence-electron chi connectivity index (χ0n) is 11.3. The Labute approximate surface area is 120 Å². The van der Waals surface area contributed by atoms with Crippen LogP contribution in [0.5, 0.6) is 0 Å². The number of hydrogen-bond donors (Lipinski definition) is 1. The van der Waals surface area contributed by atoms with Gasteiger partial charge in [-0.05, 0) is 25.0 Å². The number of nitrogens with one attached hydrogen (secondary N) is 1. The fourth-order valence-electron chi connectivity index (χ4n) is 2.78. The van der Waals surface area contributed by atoms with E-state index in [1.54, 1.807) is 11.3 Å². The van der Waals surface area contributed by atoms with Gasteiger partial charge in [0.2, 0.25) is 0 Å². The van der Waals surface area contributed by atoms with Crippen LogP contribution in [0, 0.1) is 0 Å². The van der Waals surface area contributed by atoms with Crippen LogP contribution in [0.15, 0.2) is 29.3 Å². The summed E-state index contributed by atoms with van der Waals surface area (Å²) < 4.78 is 3.37. The van der Waals surface area contributed by atoms with Crippen LogP contribution in [0.2, 0.25) is 0 Å². The molecule has 1 saturated carbocycles. The number of para-hydroxylation sites is 1. The molecule has 0 radical (unpaired) electrons. The van der Waals surface area contributed by atoms with Gasteiger partial charge in [-0.3, -0.25) is 4.84 Å². The number of thiazole rings is 1. The summed E-state index contributed by atoms with van der Waals surface area (Å²) in [7, 11) is 1.41. The molecule has 0 bridgehead atoms. The van der Waals surface area contributed by atoms with Gasteiger partial charge in [0, 0.05) is 6.04 Å². The first-order valence-corrected chi connectivity index (χ1v) is 7.59. The molecule has 1 aromatic carbocycles. The number of carbonyl (C=O) groups is 1. The maximum Gasteiger partial charge on any atom is 0.367 e. The molecule has 0 spiro atoms. The molecule has 1 aliphatic rings. The van der Waals surface area contributed by atoms with Gasteiger partial charge >= 0.3 is 6.03 Å². The first-order valence-electron chi connectivity index (χ1n) is 6.77. The highest BCUT2D eigenvalue weighted by molar-refractivity contribution is 7.16. The van der Waals surface area contributed by atoms with E-state index in [1.165, 1.54) is 20.0 Å². The summed E-state index contributed by atoms with van der Waals surface area (Å²) in [6.45, 7) is 0. The third-order valence-corrected chi connectivity index (χ3v) is 4.64. The van der Waals surface area contributed by atoms with E-state index in [0.717, 1.165) is 27.9 Å². The molecule has 0 saturated heterocycles. The first kappa shape index (κ1) is 13.3. The van der Waals surface area contributed by atoms with Crippen LogP contribution in [0.4, 0.5) is 4.79 Å². The Morgan fingerprint density at radius 1 is 1.40 bits per heavy atom. The van der Waals surface area contributed by atoms with E-state index in [9.17, 15) is 4.79 Å². The van der Waals surface area contributed by atoms with E-state index in [-0.39, 0.29) is 0 Å². The highest BCUT2D eigenvalue weighted by Gasteiger charge is 2.20. The maximum atomic E-state index is 11.6. The Hall–Kier alpha value is -1.66. The van der Waals surface area contributed by atoms with Crippen molar-refractivity contribution in [3.63, 3.8) is 0 Å². The van der Waals surface area contributed by atoms with Crippen LogP contribution in [-0.4, -0.2) is 17.7 Å². The van der Waals surface area contributed by atoms with Crippen LogP contribution in [-0.2, 0) is 4.84 Å². The second-order valence-corrected chi connectivity index (χ2v) is 5.89. The van der Waals surface area contributed by atoms with Crippen molar-refractivity contribution in [2.24, 2.45) is 4.99 Å².